The van der Waals surface area contributed by atoms with Gasteiger partial charge in [0.2, 0.25) is 15.9 Å². The Morgan fingerprint density at radius 3 is 2.26 bits per heavy atom. The molecule has 3 aromatic rings. The number of carbonyl (C=O) groups is 1. The number of nitrogens with zero attached hydrogens (tertiary/aromatic N) is 1. The summed E-state index contributed by atoms with van der Waals surface area (Å²) >= 11 is 0. The highest BCUT2D eigenvalue weighted by molar-refractivity contribution is 7.89. The van der Waals surface area contributed by atoms with Gasteiger partial charge in [0.05, 0.1) is 26.2 Å². The number of amides is 1. The number of benzene rings is 3. The van der Waals surface area contributed by atoms with E-state index in [1.54, 1.807) is 13.2 Å². The first-order valence-corrected chi connectivity index (χ1v) is 12.9. The van der Waals surface area contributed by atoms with E-state index in [1.807, 2.05) is 36.4 Å². The number of fused-ring (bicyclic) bond motifs is 1. The highest BCUT2D eigenvalue weighted by atomic mass is 32.2. The molecule has 8 nitrogen and oxygen atoms in total. The lowest BCUT2D eigenvalue weighted by Gasteiger charge is -2.30. The lowest BCUT2D eigenvalue weighted by Crippen LogP contribution is -2.42. The third-order valence-electron chi connectivity index (χ3n) is 6.47. The molecular formula is C26H30N2O6S. The van der Waals surface area contributed by atoms with Crippen molar-refractivity contribution in [2.24, 2.45) is 5.92 Å². The van der Waals surface area contributed by atoms with Gasteiger partial charge in [-0.1, -0.05) is 30.3 Å². The molecule has 0 aromatic heterocycles. The molecule has 1 amide bonds. The molecule has 1 aliphatic heterocycles. The van der Waals surface area contributed by atoms with Crippen LogP contribution < -0.4 is 19.5 Å². The number of methoxy groups -OCH3 is 3. The maximum atomic E-state index is 13.2. The fraction of sp³-hybridized carbons (Fsp3) is 0.346. The molecule has 1 fully saturated rings. The molecule has 4 rings (SSSR count). The smallest absolute Gasteiger partial charge is 0.243 e. The lowest BCUT2D eigenvalue weighted by atomic mass is 9.97. The van der Waals surface area contributed by atoms with Crippen molar-refractivity contribution in [1.29, 1.82) is 0 Å². The zero-order chi connectivity index (χ0) is 25.0. The zero-order valence-electron chi connectivity index (χ0n) is 20.1. The maximum absolute atomic E-state index is 13.2. The number of piperidine rings is 1. The van der Waals surface area contributed by atoms with E-state index in [-0.39, 0.29) is 29.8 Å². The quantitative estimate of drug-likeness (QED) is 0.510. The molecule has 35 heavy (non-hydrogen) atoms. The maximum Gasteiger partial charge on any atom is 0.243 e. The van der Waals surface area contributed by atoms with Crippen molar-refractivity contribution >= 4 is 26.7 Å². The SMILES string of the molecule is COc1ccc(S(=O)(=O)N2CCC(C(=O)NCc3c(OC)ccc4ccccc34)CC2)cc1OC. The van der Waals surface area contributed by atoms with Gasteiger partial charge < -0.3 is 19.5 Å². The van der Waals surface area contributed by atoms with Gasteiger partial charge in [-0.3, -0.25) is 4.79 Å². The van der Waals surface area contributed by atoms with Crippen LogP contribution in [0.3, 0.4) is 0 Å². The molecule has 1 saturated heterocycles. The molecule has 0 saturated carbocycles. The topological polar surface area (TPSA) is 94.2 Å². The second-order valence-electron chi connectivity index (χ2n) is 8.38. The standard InChI is InChI=1S/C26H30N2O6S/c1-32-23-10-8-18-6-4-5-7-21(18)22(23)17-27-26(29)19-12-14-28(15-13-19)35(30,31)20-9-11-24(33-2)25(16-20)34-3/h4-11,16,19H,12-15,17H2,1-3H3,(H,27,29). The van der Waals surface area contributed by atoms with Crippen LogP contribution in [0.25, 0.3) is 10.8 Å². The fourth-order valence-electron chi connectivity index (χ4n) is 4.49. The van der Waals surface area contributed by atoms with Crippen LogP contribution in [0.15, 0.2) is 59.5 Å². The van der Waals surface area contributed by atoms with Crippen LogP contribution in [0.4, 0.5) is 0 Å². The van der Waals surface area contributed by atoms with E-state index in [0.29, 0.717) is 30.9 Å². The van der Waals surface area contributed by atoms with E-state index in [0.717, 1.165) is 22.1 Å². The van der Waals surface area contributed by atoms with E-state index >= 15 is 0 Å². The summed E-state index contributed by atoms with van der Waals surface area (Å²) in [6.07, 6.45) is 0.899. The van der Waals surface area contributed by atoms with Crippen LogP contribution in [0.2, 0.25) is 0 Å². The monoisotopic (exact) mass is 498 g/mol. The number of hydrogen-bond acceptors (Lipinski definition) is 6. The summed E-state index contributed by atoms with van der Waals surface area (Å²) in [5.41, 5.74) is 0.924. The molecule has 1 heterocycles. The first kappa shape index (κ1) is 24.8. The minimum absolute atomic E-state index is 0.0804. The third-order valence-corrected chi connectivity index (χ3v) is 8.37. The van der Waals surface area contributed by atoms with Crippen LogP contribution in [-0.2, 0) is 21.4 Å². The zero-order valence-corrected chi connectivity index (χ0v) is 20.9. The van der Waals surface area contributed by atoms with Crippen LogP contribution in [-0.4, -0.2) is 53.0 Å². The van der Waals surface area contributed by atoms with E-state index in [2.05, 4.69) is 5.32 Å². The average Bonchev–Trinajstić information content (AvgIpc) is 2.90. The Hall–Kier alpha value is -3.30. The molecule has 3 aromatic carbocycles. The van der Waals surface area contributed by atoms with Crippen LogP contribution in [0, 0.1) is 5.92 Å². The van der Waals surface area contributed by atoms with Gasteiger partial charge >= 0.3 is 0 Å². The number of hydrogen-bond donors (Lipinski definition) is 1. The highest BCUT2D eigenvalue weighted by Gasteiger charge is 2.32. The minimum atomic E-state index is -3.71. The van der Waals surface area contributed by atoms with Crippen molar-refractivity contribution in [2.75, 3.05) is 34.4 Å². The van der Waals surface area contributed by atoms with Crippen molar-refractivity contribution in [1.82, 2.24) is 9.62 Å². The first-order chi connectivity index (χ1) is 16.9. The molecule has 0 atom stereocenters. The second-order valence-corrected chi connectivity index (χ2v) is 10.3. The number of sulfonamides is 1. The summed E-state index contributed by atoms with van der Waals surface area (Å²) in [5, 5.41) is 5.14. The van der Waals surface area contributed by atoms with Gasteiger partial charge in [-0.25, -0.2) is 8.42 Å². The van der Waals surface area contributed by atoms with E-state index in [4.69, 9.17) is 14.2 Å². The molecule has 1 aliphatic rings. The Bertz CT molecular complexity index is 1320. The summed E-state index contributed by atoms with van der Waals surface area (Å²) in [5.74, 6) is 1.20. The number of carbonyl (C=O) groups excluding carboxylic acids is 1. The normalized spacial score (nSPS) is 15.1. The molecule has 0 aliphatic carbocycles. The molecular weight excluding hydrogens is 468 g/mol. The molecule has 0 unspecified atom stereocenters. The predicted molar refractivity (Wildman–Crippen MR) is 133 cm³/mol. The molecule has 186 valence electrons. The molecule has 1 N–H and O–H groups in total. The average molecular weight is 499 g/mol. The van der Waals surface area contributed by atoms with E-state index < -0.39 is 10.0 Å². The Morgan fingerprint density at radius 2 is 1.57 bits per heavy atom. The van der Waals surface area contributed by atoms with Gasteiger partial charge in [-0.15, -0.1) is 0 Å². The number of ether oxygens (including phenoxy) is 3. The largest absolute Gasteiger partial charge is 0.496 e. The van der Waals surface area contributed by atoms with E-state index in [1.165, 1.54) is 30.7 Å². The number of nitrogens with one attached hydrogen (secondary N) is 1. The van der Waals surface area contributed by atoms with Crippen molar-refractivity contribution in [3.8, 4) is 17.2 Å². The first-order valence-electron chi connectivity index (χ1n) is 11.4. The highest BCUT2D eigenvalue weighted by Crippen LogP contribution is 2.32. The summed E-state index contributed by atoms with van der Waals surface area (Å²) < 4.78 is 43.7. The Kier molecular flexibility index (Phi) is 7.47. The van der Waals surface area contributed by atoms with Crippen molar-refractivity contribution in [2.45, 2.75) is 24.3 Å². The van der Waals surface area contributed by atoms with Crippen molar-refractivity contribution in [3.05, 3.63) is 60.2 Å². The Balaban J connectivity index is 1.40. The predicted octanol–water partition coefficient (Wildman–Crippen LogP) is 3.58. The summed E-state index contributed by atoms with van der Waals surface area (Å²) in [7, 11) is 0.870. The number of rotatable bonds is 8. The van der Waals surface area contributed by atoms with Gasteiger partial charge in [-0.2, -0.15) is 4.31 Å². The molecule has 9 heteroatoms. The van der Waals surface area contributed by atoms with Crippen LogP contribution in [0.1, 0.15) is 18.4 Å². The van der Waals surface area contributed by atoms with Crippen molar-refractivity contribution < 1.29 is 27.4 Å². The van der Waals surface area contributed by atoms with Crippen LogP contribution >= 0.6 is 0 Å². The molecule has 0 spiro atoms. The Morgan fingerprint density at radius 1 is 0.914 bits per heavy atom. The van der Waals surface area contributed by atoms with Gasteiger partial charge in [0.25, 0.3) is 0 Å². The van der Waals surface area contributed by atoms with E-state index in [9.17, 15) is 13.2 Å². The summed E-state index contributed by atoms with van der Waals surface area (Å²) in [4.78, 5) is 13.1. The van der Waals surface area contributed by atoms with Gasteiger partial charge in [0.1, 0.15) is 5.75 Å². The summed E-state index contributed by atoms with van der Waals surface area (Å²) in [6.45, 7) is 0.881. The van der Waals surface area contributed by atoms with Gasteiger partial charge in [-0.05, 0) is 41.8 Å². The summed E-state index contributed by atoms with van der Waals surface area (Å²) in [6, 6.07) is 16.4. The third kappa shape index (κ3) is 5.06. The second kappa shape index (κ2) is 10.5. The van der Waals surface area contributed by atoms with Crippen molar-refractivity contribution in [3.63, 3.8) is 0 Å². The van der Waals surface area contributed by atoms with Gasteiger partial charge in [0, 0.05) is 37.2 Å². The Labute approximate surface area is 205 Å². The van der Waals surface area contributed by atoms with Gasteiger partial charge in [0.15, 0.2) is 11.5 Å². The minimum Gasteiger partial charge on any atom is -0.496 e. The fourth-order valence-corrected chi connectivity index (χ4v) is 5.98. The lowest BCUT2D eigenvalue weighted by molar-refractivity contribution is -0.126. The van der Waals surface area contributed by atoms with Crippen LogP contribution in [0.5, 0.6) is 17.2 Å². The molecule has 0 bridgehead atoms. The molecule has 0 radical (unpaired) electrons.